The fraction of sp³-hybridized carbons (Fsp3) is 0.545. The first-order valence-electron chi connectivity index (χ1n) is 5.72. The summed E-state index contributed by atoms with van der Waals surface area (Å²) in [5.74, 6) is -1.50. The van der Waals surface area contributed by atoms with Crippen LogP contribution < -0.4 is 5.32 Å². The van der Waals surface area contributed by atoms with E-state index in [1.807, 2.05) is 4.68 Å². The van der Waals surface area contributed by atoms with E-state index < -0.39 is 11.9 Å². The minimum absolute atomic E-state index is 0.276. The first-order chi connectivity index (χ1) is 8.16. The van der Waals surface area contributed by atoms with E-state index in [2.05, 4.69) is 10.4 Å². The van der Waals surface area contributed by atoms with Gasteiger partial charge in [0, 0.05) is 6.20 Å². The van der Waals surface area contributed by atoms with Gasteiger partial charge in [0.25, 0.3) is 5.91 Å². The Labute approximate surface area is 98.6 Å². The molecule has 0 atom stereocenters. The quantitative estimate of drug-likeness (QED) is 0.811. The van der Waals surface area contributed by atoms with Crippen LogP contribution in [0.2, 0.25) is 0 Å². The molecule has 2 N–H and O–H groups in total. The van der Waals surface area contributed by atoms with Gasteiger partial charge in [0.1, 0.15) is 12.2 Å². The van der Waals surface area contributed by atoms with Gasteiger partial charge in [-0.3, -0.25) is 14.3 Å². The summed E-state index contributed by atoms with van der Waals surface area (Å²) in [6.07, 6.45) is 6.37. The van der Waals surface area contributed by atoms with Gasteiger partial charge in [0.2, 0.25) is 0 Å². The number of hydrogen-bond donors (Lipinski definition) is 2. The Morgan fingerprint density at radius 3 is 2.82 bits per heavy atom. The number of carbonyl (C=O) groups excluding carboxylic acids is 1. The summed E-state index contributed by atoms with van der Waals surface area (Å²) in [7, 11) is 0. The molecule has 2 rings (SSSR count). The predicted octanol–water partition coefficient (Wildman–Crippen LogP) is 0.813. The number of amides is 1. The fourth-order valence-electron chi connectivity index (χ4n) is 2.08. The molecule has 1 fully saturated rings. The standard InChI is InChI=1S/C11H15N3O3/c15-10(16)7-12-11(17)9-5-6-14(13-9)8-3-1-2-4-8/h5-6,8H,1-4,7H2,(H,12,17)(H,15,16). The third-order valence-electron chi connectivity index (χ3n) is 2.94. The van der Waals surface area contributed by atoms with Crippen LogP contribution in [0.25, 0.3) is 0 Å². The highest BCUT2D eigenvalue weighted by molar-refractivity contribution is 5.93. The van der Waals surface area contributed by atoms with Crippen LogP contribution in [-0.2, 0) is 4.79 Å². The van der Waals surface area contributed by atoms with E-state index in [1.165, 1.54) is 12.8 Å². The molecule has 0 saturated heterocycles. The van der Waals surface area contributed by atoms with Crippen molar-refractivity contribution in [1.82, 2.24) is 15.1 Å². The average molecular weight is 237 g/mol. The number of carboxylic acid groups (broad SMARTS) is 1. The summed E-state index contributed by atoms with van der Waals surface area (Å²) in [5, 5.41) is 14.9. The Morgan fingerprint density at radius 2 is 2.18 bits per heavy atom. The van der Waals surface area contributed by atoms with Crippen molar-refractivity contribution in [3.8, 4) is 0 Å². The molecule has 17 heavy (non-hydrogen) atoms. The number of nitrogens with zero attached hydrogens (tertiary/aromatic N) is 2. The molecule has 1 aromatic heterocycles. The van der Waals surface area contributed by atoms with Crippen molar-refractivity contribution in [3.05, 3.63) is 18.0 Å². The Balaban J connectivity index is 1.97. The second-order valence-electron chi connectivity index (χ2n) is 4.20. The summed E-state index contributed by atoms with van der Waals surface area (Å²) < 4.78 is 1.81. The number of rotatable bonds is 4. The molecule has 1 aliphatic carbocycles. The van der Waals surface area contributed by atoms with Gasteiger partial charge in [-0.05, 0) is 18.9 Å². The lowest BCUT2D eigenvalue weighted by atomic mass is 10.3. The Kier molecular flexibility index (Phi) is 3.41. The van der Waals surface area contributed by atoms with Gasteiger partial charge in [-0.1, -0.05) is 12.8 Å². The zero-order chi connectivity index (χ0) is 12.3. The minimum Gasteiger partial charge on any atom is -0.480 e. The Bertz CT molecular complexity index is 421. The maximum absolute atomic E-state index is 11.5. The van der Waals surface area contributed by atoms with Crippen molar-refractivity contribution in [2.45, 2.75) is 31.7 Å². The molecule has 1 heterocycles. The molecule has 1 aliphatic rings. The van der Waals surface area contributed by atoms with Gasteiger partial charge >= 0.3 is 5.97 Å². The molecular formula is C11H15N3O3. The summed E-state index contributed by atoms with van der Waals surface area (Å²) in [6, 6.07) is 2.01. The molecule has 0 radical (unpaired) electrons. The van der Waals surface area contributed by atoms with E-state index in [9.17, 15) is 9.59 Å². The number of hydrogen-bond acceptors (Lipinski definition) is 3. The topological polar surface area (TPSA) is 84.2 Å². The second-order valence-corrected chi connectivity index (χ2v) is 4.20. The smallest absolute Gasteiger partial charge is 0.322 e. The third kappa shape index (κ3) is 2.83. The van der Waals surface area contributed by atoms with Crippen molar-refractivity contribution in [2.75, 3.05) is 6.54 Å². The van der Waals surface area contributed by atoms with Crippen LogP contribution in [0.4, 0.5) is 0 Å². The van der Waals surface area contributed by atoms with Gasteiger partial charge in [-0.25, -0.2) is 0 Å². The zero-order valence-electron chi connectivity index (χ0n) is 9.43. The molecule has 0 aromatic carbocycles. The molecular weight excluding hydrogens is 222 g/mol. The SMILES string of the molecule is O=C(O)CNC(=O)c1ccn(C2CCCC2)n1. The highest BCUT2D eigenvalue weighted by Crippen LogP contribution is 2.28. The molecule has 6 heteroatoms. The second kappa shape index (κ2) is 4.99. The molecule has 1 saturated carbocycles. The Hall–Kier alpha value is -1.85. The molecule has 0 aliphatic heterocycles. The maximum Gasteiger partial charge on any atom is 0.322 e. The van der Waals surface area contributed by atoms with Crippen molar-refractivity contribution in [1.29, 1.82) is 0 Å². The van der Waals surface area contributed by atoms with Gasteiger partial charge < -0.3 is 10.4 Å². The first kappa shape index (κ1) is 11.6. The van der Waals surface area contributed by atoms with E-state index in [-0.39, 0.29) is 12.2 Å². The monoisotopic (exact) mass is 237 g/mol. The zero-order valence-corrected chi connectivity index (χ0v) is 9.43. The van der Waals surface area contributed by atoms with Gasteiger partial charge in [-0.15, -0.1) is 0 Å². The summed E-state index contributed by atoms with van der Waals surface area (Å²) in [5.41, 5.74) is 0.276. The van der Waals surface area contributed by atoms with E-state index in [4.69, 9.17) is 5.11 Å². The summed E-state index contributed by atoms with van der Waals surface area (Å²) in [4.78, 5) is 21.8. The van der Waals surface area contributed by atoms with Gasteiger partial charge in [0.05, 0.1) is 6.04 Å². The summed E-state index contributed by atoms with van der Waals surface area (Å²) in [6.45, 7) is -0.380. The van der Waals surface area contributed by atoms with Gasteiger partial charge in [0.15, 0.2) is 0 Å². The maximum atomic E-state index is 11.5. The van der Waals surface area contributed by atoms with E-state index in [0.29, 0.717) is 6.04 Å². The molecule has 0 spiro atoms. The Morgan fingerprint density at radius 1 is 1.47 bits per heavy atom. The number of carboxylic acids is 1. The normalized spacial score (nSPS) is 16.0. The van der Waals surface area contributed by atoms with Crippen LogP contribution in [0, 0.1) is 0 Å². The molecule has 0 bridgehead atoms. The highest BCUT2D eigenvalue weighted by Gasteiger charge is 2.19. The third-order valence-corrected chi connectivity index (χ3v) is 2.94. The number of carbonyl (C=O) groups is 2. The largest absolute Gasteiger partial charge is 0.480 e. The average Bonchev–Trinajstić information content (AvgIpc) is 2.94. The molecule has 0 unspecified atom stereocenters. The van der Waals surface area contributed by atoms with Crippen LogP contribution in [0.15, 0.2) is 12.3 Å². The van der Waals surface area contributed by atoms with Crippen LogP contribution in [0.1, 0.15) is 42.2 Å². The van der Waals surface area contributed by atoms with Crippen LogP contribution in [-0.4, -0.2) is 33.3 Å². The lowest BCUT2D eigenvalue weighted by molar-refractivity contribution is -0.135. The molecule has 1 amide bonds. The fourth-order valence-corrected chi connectivity index (χ4v) is 2.08. The van der Waals surface area contributed by atoms with Crippen LogP contribution in [0.5, 0.6) is 0 Å². The lowest BCUT2D eigenvalue weighted by Crippen LogP contribution is -2.29. The molecule has 1 aromatic rings. The van der Waals surface area contributed by atoms with Gasteiger partial charge in [-0.2, -0.15) is 5.10 Å². The van der Waals surface area contributed by atoms with E-state index >= 15 is 0 Å². The first-order valence-corrected chi connectivity index (χ1v) is 5.72. The number of aromatic nitrogens is 2. The van der Waals surface area contributed by atoms with Crippen LogP contribution >= 0.6 is 0 Å². The number of aliphatic carboxylic acids is 1. The lowest BCUT2D eigenvalue weighted by Gasteiger charge is -2.08. The predicted molar refractivity (Wildman–Crippen MR) is 59.7 cm³/mol. The minimum atomic E-state index is -1.06. The molecule has 92 valence electrons. The van der Waals surface area contributed by atoms with E-state index in [0.717, 1.165) is 12.8 Å². The number of nitrogens with one attached hydrogen (secondary N) is 1. The van der Waals surface area contributed by atoms with Crippen molar-refractivity contribution >= 4 is 11.9 Å². The van der Waals surface area contributed by atoms with Crippen LogP contribution in [0.3, 0.4) is 0 Å². The summed E-state index contributed by atoms with van der Waals surface area (Å²) >= 11 is 0. The molecule has 6 nitrogen and oxygen atoms in total. The van der Waals surface area contributed by atoms with Crippen molar-refractivity contribution in [3.63, 3.8) is 0 Å². The van der Waals surface area contributed by atoms with Crippen molar-refractivity contribution in [2.24, 2.45) is 0 Å². The van der Waals surface area contributed by atoms with Crippen molar-refractivity contribution < 1.29 is 14.7 Å². The van der Waals surface area contributed by atoms with E-state index in [1.54, 1.807) is 12.3 Å². The highest BCUT2D eigenvalue weighted by atomic mass is 16.4.